The summed E-state index contributed by atoms with van der Waals surface area (Å²) in [7, 11) is 0. The quantitative estimate of drug-likeness (QED) is 0.935. The first kappa shape index (κ1) is 16.0. The Bertz CT molecular complexity index is 779. The largest absolute Gasteiger partial charge is 0.476 e. The zero-order chi connectivity index (χ0) is 17.3. The van der Waals surface area contributed by atoms with Crippen molar-refractivity contribution in [1.82, 2.24) is 14.9 Å². The number of carboxylic acid groups (broad SMARTS) is 1. The first-order valence-electron chi connectivity index (χ1n) is 7.58. The van der Waals surface area contributed by atoms with Gasteiger partial charge in [0.2, 0.25) is 0 Å². The summed E-state index contributed by atoms with van der Waals surface area (Å²) >= 11 is 0. The lowest BCUT2D eigenvalue weighted by molar-refractivity contribution is 0.0682. The van der Waals surface area contributed by atoms with E-state index in [0.29, 0.717) is 18.5 Å². The standard InChI is InChI=1S/C17H16FN3O3/c1-10-6-15(11-4-2-3-5-12(11)18)21(9-10)16(22)13-7-20-14(8-19-13)17(23)24/h2-5,7-8,10,15H,6,9H2,1H3,(H,23,24). The van der Waals surface area contributed by atoms with Gasteiger partial charge in [-0.2, -0.15) is 0 Å². The number of carbonyl (C=O) groups excluding carboxylic acids is 1. The van der Waals surface area contributed by atoms with Crippen molar-refractivity contribution in [3.05, 3.63) is 59.4 Å². The molecule has 1 amide bonds. The van der Waals surface area contributed by atoms with Crippen LogP contribution in [0.1, 0.15) is 45.9 Å². The van der Waals surface area contributed by atoms with E-state index >= 15 is 0 Å². The van der Waals surface area contributed by atoms with E-state index in [0.717, 1.165) is 12.4 Å². The van der Waals surface area contributed by atoms with Crippen LogP contribution in [0.25, 0.3) is 0 Å². The second kappa shape index (κ2) is 6.35. The number of likely N-dealkylation sites (tertiary alicyclic amines) is 1. The van der Waals surface area contributed by atoms with Gasteiger partial charge in [0.15, 0.2) is 5.69 Å². The highest BCUT2D eigenvalue weighted by Crippen LogP contribution is 2.37. The van der Waals surface area contributed by atoms with Crippen molar-refractivity contribution in [3.63, 3.8) is 0 Å². The molecule has 24 heavy (non-hydrogen) atoms. The molecule has 0 spiro atoms. The highest BCUT2D eigenvalue weighted by molar-refractivity contribution is 5.93. The first-order valence-corrected chi connectivity index (χ1v) is 7.58. The Morgan fingerprint density at radius 2 is 1.88 bits per heavy atom. The molecular formula is C17H16FN3O3. The fourth-order valence-electron chi connectivity index (χ4n) is 3.01. The molecule has 0 radical (unpaired) electrons. The van der Waals surface area contributed by atoms with Crippen LogP contribution in [0, 0.1) is 11.7 Å². The van der Waals surface area contributed by atoms with Gasteiger partial charge in [-0.3, -0.25) is 4.79 Å². The lowest BCUT2D eigenvalue weighted by Gasteiger charge is -2.25. The number of hydrogen-bond donors (Lipinski definition) is 1. The van der Waals surface area contributed by atoms with Crippen LogP contribution in [0.4, 0.5) is 4.39 Å². The molecule has 0 aliphatic carbocycles. The van der Waals surface area contributed by atoms with E-state index in [1.165, 1.54) is 6.07 Å². The Hall–Kier alpha value is -2.83. The third-order valence-electron chi connectivity index (χ3n) is 4.13. The highest BCUT2D eigenvalue weighted by Gasteiger charge is 2.36. The number of benzene rings is 1. The van der Waals surface area contributed by atoms with Crippen LogP contribution in [0.3, 0.4) is 0 Å². The van der Waals surface area contributed by atoms with Crippen molar-refractivity contribution in [3.8, 4) is 0 Å². The van der Waals surface area contributed by atoms with Crippen LogP contribution in [0.5, 0.6) is 0 Å². The summed E-state index contributed by atoms with van der Waals surface area (Å²) in [5.74, 6) is -1.70. The van der Waals surface area contributed by atoms with Crippen molar-refractivity contribution in [2.45, 2.75) is 19.4 Å². The van der Waals surface area contributed by atoms with Crippen molar-refractivity contribution < 1.29 is 19.1 Å². The molecule has 2 heterocycles. The van der Waals surface area contributed by atoms with E-state index in [1.54, 1.807) is 23.1 Å². The molecule has 1 aliphatic rings. The third-order valence-corrected chi connectivity index (χ3v) is 4.13. The van der Waals surface area contributed by atoms with Gasteiger partial charge < -0.3 is 10.0 Å². The summed E-state index contributed by atoms with van der Waals surface area (Å²) in [6, 6.07) is 6.04. The number of aromatic carboxylic acids is 1. The summed E-state index contributed by atoms with van der Waals surface area (Å²) in [5.41, 5.74) is 0.299. The van der Waals surface area contributed by atoms with Crippen molar-refractivity contribution >= 4 is 11.9 Å². The molecule has 124 valence electrons. The van der Waals surface area contributed by atoms with E-state index in [4.69, 9.17) is 5.11 Å². The van der Waals surface area contributed by atoms with Gasteiger partial charge in [-0.05, 0) is 18.4 Å². The Morgan fingerprint density at radius 3 is 2.50 bits per heavy atom. The highest BCUT2D eigenvalue weighted by atomic mass is 19.1. The number of nitrogens with zero attached hydrogens (tertiary/aromatic N) is 3. The van der Waals surface area contributed by atoms with Gasteiger partial charge in [0, 0.05) is 12.1 Å². The Morgan fingerprint density at radius 1 is 1.21 bits per heavy atom. The maximum Gasteiger partial charge on any atom is 0.356 e. The third kappa shape index (κ3) is 2.97. The Balaban J connectivity index is 1.90. The molecule has 2 aromatic rings. The molecule has 1 N–H and O–H groups in total. The molecule has 2 atom stereocenters. The number of amides is 1. The van der Waals surface area contributed by atoms with Gasteiger partial charge in [-0.15, -0.1) is 0 Å². The number of aromatic nitrogens is 2. The summed E-state index contributed by atoms with van der Waals surface area (Å²) < 4.78 is 14.1. The Labute approximate surface area is 138 Å². The number of carboxylic acids is 1. The topological polar surface area (TPSA) is 83.4 Å². The summed E-state index contributed by atoms with van der Waals surface area (Å²) in [6.07, 6.45) is 2.85. The lowest BCUT2D eigenvalue weighted by Crippen LogP contribution is -2.32. The zero-order valence-electron chi connectivity index (χ0n) is 13.0. The summed E-state index contributed by atoms with van der Waals surface area (Å²) in [4.78, 5) is 32.7. The fraction of sp³-hybridized carbons (Fsp3) is 0.294. The van der Waals surface area contributed by atoms with E-state index in [1.807, 2.05) is 6.92 Å². The molecule has 1 saturated heterocycles. The number of rotatable bonds is 3. The monoisotopic (exact) mass is 329 g/mol. The van der Waals surface area contributed by atoms with Crippen LogP contribution in [0.2, 0.25) is 0 Å². The summed E-state index contributed by atoms with van der Waals surface area (Å²) in [5, 5.41) is 8.84. The normalized spacial score (nSPS) is 20.2. The van der Waals surface area contributed by atoms with E-state index in [9.17, 15) is 14.0 Å². The molecule has 6 nitrogen and oxygen atoms in total. The van der Waals surface area contributed by atoms with E-state index in [2.05, 4.69) is 9.97 Å². The van der Waals surface area contributed by atoms with Gasteiger partial charge in [-0.1, -0.05) is 25.1 Å². The first-order chi connectivity index (χ1) is 11.5. The molecule has 3 rings (SSSR count). The van der Waals surface area contributed by atoms with Crippen LogP contribution in [-0.2, 0) is 0 Å². The van der Waals surface area contributed by atoms with Gasteiger partial charge in [0.05, 0.1) is 18.4 Å². The minimum Gasteiger partial charge on any atom is -0.476 e. The zero-order valence-corrected chi connectivity index (χ0v) is 13.0. The van der Waals surface area contributed by atoms with Crippen molar-refractivity contribution in [2.75, 3.05) is 6.54 Å². The molecule has 7 heteroatoms. The maximum atomic E-state index is 14.1. The van der Waals surface area contributed by atoms with E-state index in [-0.39, 0.29) is 35.1 Å². The number of hydrogen-bond acceptors (Lipinski definition) is 4. The number of carbonyl (C=O) groups is 2. The van der Waals surface area contributed by atoms with Crippen molar-refractivity contribution in [1.29, 1.82) is 0 Å². The molecule has 2 unspecified atom stereocenters. The Kier molecular flexibility index (Phi) is 4.24. The van der Waals surface area contributed by atoms with Crippen LogP contribution in [0.15, 0.2) is 36.7 Å². The lowest BCUT2D eigenvalue weighted by atomic mass is 10.0. The van der Waals surface area contributed by atoms with Crippen molar-refractivity contribution in [2.24, 2.45) is 5.92 Å². The average molecular weight is 329 g/mol. The van der Waals surface area contributed by atoms with Gasteiger partial charge in [0.25, 0.3) is 5.91 Å². The van der Waals surface area contributed by atoms with Crippen LogP contribution < -0.4 is 0 Å². The molecule has 0 saturated carbocycles. The maximum absolute atomic E-state index is 14.1. The number of halogens is 1. The minimum absolute atomic E-state index is 0.0513. The molecule has 0 bridgehead atoms. The molecule has 1 aliphatic heterocycles. The van der Waals surface area contributed by atoms with Gasteiger partial charge in [-0.25, -0.2) is 19.2 Å². The second-order valence-corrected chi connectivity index (χ2v) is 5.93. The van der Waals surface area contributed by atoms with Gasteiger partial charge in [0.1, 0.15) is 11.5 Å². The predicted molar refractivity (Wildman–Crippen MR) is 82.9 cm³/mol. The summed E-state index contributed by atoms with van der Waals surface area (Å²) in [6.45, 7) is 2.49. The predicted octanol–water partition coefficient (Wildman–Crippen LogP) is 2.54. The minimum atomic E-state index is -1.21. The smallest absolute Gasteiger partial charge is 0.356 e. The van der Waals surface area contributed by atoms with Crippen LogP contribution >= 0.6 is 0 Å². The fourth-order valence-corrected chi connectivity index (χ4v) is 3.01. The second-order valence-electron chi connectivity index (χ2n) is 5.93. The molecular weight excluding hydrogens is 313 g/mol. The SMILES string of the molecule is CC1CC(c2ccccc2F)N(C(=O)c2cnc(C(=O)O)cn2)C1. The average Bonchev–Trinajstić information content (AvgIpc) is 2.96. The van der Waals surface area contributed by atoms with E-state index < -0.39 is 5.97 Å². The van der Waals surface area contributed by atoms with Gasteiger partial charge >= 0.3 is 5.97 Å². The molecule has 1 fully saturated rings. The van der Waals surface area contributed by atoms with Crippen LogP contribution in [-0.4, -0.2) is 38.4 Å². The molecule has 1 aromatic carbocycles. The molecule has 1 aromatic heterocycles.